The lowest BCUT2D eigenvalue weighted by molar-refractivity contribution is 0.154. The highest BCUT2D eigenvalue weighted by Gasteiger charge is 2.20. The number of aliphatic hydroxyl groups is 1. The zero-order valence-electron chi connectivity index (χ0n) is 10.8. The molecule has 2 aliphatic rings. The van der Waals surface area contributed by atoms with Gasteiger partial charge in [-0.1, -0.05) is 12.1 Å². The van der Waals surface area contributed by atoms with Crippen molar-refractivity contribution in [3.8, 4) is 0 Å². The second kappa shape index (κ2) is 5.29. The number of hydrogen-bond donors (Lipinski definition) is 2. The van der Waals surface area contributed by atoms with Crippen molar-refractivity contribution in [1.29, 1.82) is 0 Å². The number of rotatable bonds is 4. The van der Waals surface area contributed by atoms with Crippen molar-refractivity contribution in [3.63, 3.8) is 0 Å². The van der Waals surface area contributed by atoms with Gasteiger partial charge in [-0.15, -0.1) is 0 Å². The van der Waals surface area contributed by atoms with E-state index in [0.717, 1.165) is 38.5 Å². The first-order valence-electron chi connectivity index (χ1n) is 7.06. The third kappa shape index (κ3) is 3.03. The Labute approximate surface area is 109 Å². The quantitative estimate of drug-likeness (QED) is 0.851. The Hall–Kier alpha value is -1.06. The van der Waals surface area contributed by atoms with Gasteiger partial charge in [-0.3, -0.25) is 0 Å². The monoisotopic (exact) mass is 246 g/mol. The Balaban J connectivity index is 1.58. The molecular weight excluding hydrogens is 224 g/mol. The first-order valence-corrected chi connectivity index (χ1v) is 7.06. The number of nitrogens with zero attached hydrogens (tertiary/aromatic N) is 1. The van der Waals surface area contributed by atoms with Crippen LogP contribution in [0.5, 0.6) is 0 Å². The molecule has 2 fully saturated rings. The summed E-state index contributed by atoms with van der Waals surface area (Å²) in [6.45, 7) is 2.82. The molecule has 1 heterocycles. The molecule has 1 saturated carbocycles. The number of anilines is 1. The van der Waals surface area contributed by atoms with Gasteiger partial charge in [0, 0.05) is 31.4 Å². The average molecular weight is 246 g/mol. The van der Waals surface area contributed by atoms with Gasteiger partial charge in [0.05, 0.1) is 6.10 Å². The van der Waals surface area contributed by atoms with Crippen molar-refractivity contribution in [2.45, 2.75) is 44.4 Å². The van der Waals surface area contributed by atoms with Crippen molar-refractivity contribution in [3.05, 3.63) is 29.8 Å². The van der Waals surface area contributed by atoms with Gasteiger partial charge in [0.15, 0.2) is 0 Å². The summed E-state index contributed by atoms with van der Waals surface area (Å²) in [6, 6.07) is 9.53. The first-order chi connectivity index (χ1) is 8.81. The van der Waals surface area contributed by atoms with Crippen molar-refractivity contribution in [2.75, 3.05) is 18.0 Å². The molecule has 98 valence electrons. The van der Waals surface area contributed by atoms with Crippen molar-refractivity contribution < 1.29 is 5.11 Å². The van der Waals surface area contributed by atoms with Crippen molar-refractivity contribution in [1.82, 2.24) is 5.32 Å². The van der Waals surface area contributed by atoms with Gasteiger partial charge in [-0.2, -0.15) is 0 Å². The Morgan fingerprint density at radius 3 is 2.61 bits per heavy atom. The molecule has 3 nitrogen and oxygen atoms in total. The molecule has 1 atom stereocenters. The summed E-state index contributed by atoms with van der Waals surface area (Å²) in [7, 11) is 0. The largest absolute Gasteiger partial charge is 0.391 e. The van der Waals surface area contributed by atoms with E-state index in [9.17, 15) is 5.11 Å². The van der Waals surface area contributed by atoms with Crippen LogP contribution in [0, 0.1) is 0 Å². The van der Waals surface area contributed by atoms with E-state index in [4.69, 9.17) is 0 Å². The third-order valence-corrected chi connectivity index (χ3v) is 3.87. The lowest BCUT2D eigenvalue weighted by Gasteiger charge is -2.32. The normalized spacial score (nSPS) is 24.3. The maximum absolute atomic E-state index is 9.70. The minimum Gasteiger partial charge on any atom is -0.391 e. The molecule has 1 aromatic rings. The summed E-state index contributed by atoms with van der Waals surface area (Å²) < 4.78 is 0. The average Bonchev–Trinajstić information content (AvgIpc) is 3.21. The van der Waals surface area contributed by atoms with Gasteiger partial charge in [0.2, 0.25) is 0 Å². The summed E-state index contributed by atoms with van der Waals surface area (Å²) in [6.07, 6.45) is 4.55. The molecule has 0 radical (unpaired) electrons. The number of piperidine rings is 1. The fourth-order valence-corrected chi connectivity index (χ4v) is 2.56. The van der Waals surface area contributed by atoms with E-state index in [-0.39, 0.29) is 6.10 Å². The van der Waals surface area contributed by atoms with E-state index >= 15 is 0 Å². The molecule has 18 heavy (non-hydrogen) atoms. The predicted molar refractivity (Wildman–Crippen MR) is 73.8 cm³/mol. The van der Waals surface area contributed by atoms with Crippen LogP contribution >= 0.6 is 0 Å². The maximum atomic E-state index is 9.70. The Morgan fingerprint density at radius 2 is 1.94 bits per heavy atom. The van der Waals surface area contributed by atoms with Crippen LogP contribution in [-0.4, -0.2) is 30.3 Å². The molecule has 1 aromatic carbocycles. The second-order valence-corrected chi connectivity index (χ2v) is 5.56. The highest BCUT2D eigenvalue weighted by molar-refractivity contribution is 5.48. The molecule has 0 amide bonds. The summed E-state index contributed by atoms with van der Waals surface area (Å²) in [5.74, 6) is 0. The van der Waals surface area contributed by atoms with Crippen LogP contribution in [0.3, 0.4) is 0 Å². The van der Waals surface area contributed by atoms with E-state index in [0.29, 0.717) is 0 Å². The number of hydrogen-bond acceptors (Lipinski definition) is 3. The fraction of sp³-hybridized carbons (Fsp3) is 0.600. The van der Waals surface area contributed by atoms with Gasteiger partial charge < -0.3 is 15.3 Å². The zero-order valence-corrected chi connectivity index (χ0v) is 10.8. The van der Waals surface area contributed by atoms with Crippen LogP contribution in [0.2, 0.25) is 0 Å². The van der Waals surface area contributed by atoms with Crippen LogP contribution in [0.4, 0.5) is 5.69 Å². The molecule has 0 spiro atoms. The van der Waals surface area contributed by atoms with E-state index < -0.39 is 0 Å². The molecule has 1 unspecified atom stereocenters. The number of β-amino-alcohol motifs (C(OH)–C–C–N with tert-alkyl or cyclic N) is 1. The van der Waals surface area contributed by atoms with Crippen molar-refractivity contribution in [2.24, 2.45) is 0 Å². The van der Waals surface area contributed by atoms with Crippen molar-refractivity contribution >= 4 is 5.69 Å². The zero-order chi connectivity index (χ0) is 12.4. The van der Waals surface area contributed by atoms with E-state index in [1.807, 2.05) is 0 Å². The predicted octanol–water partition coefficient (Wildman–Crippen LogP) is 1.90. The molecule has 0 aromatic heterocycles. The van der Waals surface area contributed by atoms with Crippen LogP contribution in [0.1, 0.15) is 31.2 Å². The lowest BCUT2D eigenvalue weighted by atomic mass is 10.1. The summed E-state index contributed by atoms with van der Waals surface area (Å²) in [5.41, 5.74) is 2.59. The Kier molecular flexibility index (Phi) is 3.52. The van der Waals surface area contributed by atoms with Gasteiger partial charge in [0.1, 0.15) is 0 Å². The highest BCUT2D eigenvalue weighted by Crippen LogP contribution is 2.22. The van der Waals surface area contributed by atoms with Gasteiger partial charge in [0.25, 0.3) is 0 Å². The van der Waals surface area contributed by atoms with E-state index in [2.05, 4.69) is 34.5 Å². The molecule has 3 heteroatoms. The molecule has 3 rings (SSSR count). The SMILES string of the molecule is OC1CCCN(c2ccc(CNC3CC3)cc2)C1. The summed E-state index contributed by atoms with van der Waals surface area (Å²) in [5, 5.41) is 13.2. The Bertz CT molecular complexity index is 386. The van der Waals surface area contributed by atoms with Crippen LogP contribution in [0.25, 0.3) is 0 Å². The van der Waals surface area contributed by atoms with Gasteiger partial charge >= 0.3 is 0 Å². The molecule has 1 saturated heterocycles. The minimum atomic E-state index is -0.157. The molecule has 1 aliphatic heterocycles. The number of aliphatic hydroxyl groups excluding tert-OH is 1. The Morgan fingerprint density at radius 1 is 1.17 bits per heavy atom. The van der Waals surface area contributed by atoms with E-state index in [1.54, 1.807) is 0 Å². The summed E-state index contributed by atoms with van der Waals surface area (Å²) >= 11 is 0. The third-order valence-electron chi connectivity index (χ3n) is 3.87. The standard InChI is InChI=1S/C15H22N2O/c18-15-2-1-9-17(11-15)14-7-3-12(4-8-14)10-16-13-5-6-13/h3-4,7-8,13,15-16,18H,1-2,5-6,9-11H2. The minimum absolute atomic E-state index is 0.157. The smallest absolute Gasteiger partial charge is 0.0715 e. The fourth-order valence-electron chi connectivity index (χ4n) is 2.56. The second-order valence-electron chi connectivity index (χ2n) is 5.56. The number of nitrogens with one attached hydrogen (secondary N) is 1. The van der Waals surface area contributed by atoms with Gasteiger partial charge in [-0.25, -0.2) is 0 Å². The van der Waals surface area contributed by atoms with Crippen LogP contribution < -0.4 is 10.2 Å². The summed E-state index contributed by atoms with van der Waals surface area (Å²) in [4.78, 5) is 2.28. The van der Waals surface area contributed by atoms with Crippen LogP contribution in [-0.2, 0) is 6.54 Å². The highest BCUT2D eigenvalue weighted by atomic mass is 16.3. The molecule has 2 N–H and O–H groups in total. The van der Waals surface area contributed by atoms with E-state index in [1.165, 1.54) is 24.1 Å². The lowest BCUT2D eigenvalue weighted by Crippen LogP contribution is -2.38. The topological polar surface area (TPSA) is 35.5 Å². The van der Waals surface area contributed by atoms with Gasteiger partial charge in [-0.05, 0) is 43.4 Å². The molecular formula is C15H22N2O. The first kappa shape index (κ1) is 12.0. The maximum Gasteiger partial charge on any atom is 0.0715 e. The molecule has 0 bridgehead atoms. The molecule has 1 aliphatic carbocycles. The van der Waals surface area contributed by atoms with Crippen LogP contribution in [0.15, 0.2) is 24.3 Å². The number of benzene rings is 1.